The predicted molar refractivity (Wildman–Crippen MR) is 90.9 cm³/mol. The zero-order valence-electron chi connectivity index (χ0n) is 12.6. The van der Waals surface area contributed by atoms with Crippen LogP contribution >= 0.6 is 15.9 Å². The summed E-state index contributed by atoms with van der Waals surface area (Å²) in [7, 11) is 1.56. The first-order valence-electron chi connectivity index (χ1n) is 7.01. The molecular formula is C17H18BrNO3. The van der Waals surface area contributed by atoms with Crippen LogP contribution in [-0.4, -0.2) is 19.6 Å². The van der Waals surface area contributed by atoms with Crippen LogP contribution in [0.25, 0.3) is 0 Å². The Labute approximate surface area is 138 Å². The molecule has 4 nitrogen and oxygen atoms in total. The van der Waals surface area contributed by atoms with Crippen LogP contribution in [0.1, 0.15) is 23.7 Å². The molecule has 0 aliphatic rings. The molecule has 2 rings (SSSR count). The maximum Gasteiger partial charge on any atom is 0.255 e. The molecule has 0 saturated heterocycles. The maximum atomic E-state index is 12.3. The molecule has 116 valence electrons. The van der Waals surface area contributed by atoms with E-state index in [4.69, 9.17) is 9.47 Å². The van der Waals surface area contributed by atoms with Crippen LogP contribution < -0.4 is 14.8 Å². The van der Waals surface area contributed by atoms with Crippen LogP contribution in [0.3, 0.4) is 0 Å². The SMILES string of the molecule is CCCOc1ccc(C(=O)Nc2ccc(Br)cc2)cc1OC. The molecule has 1 amide bonds. The van der Waals surface area contributed by atoms with Gasteiger partial charge in [-0.05, 0) is 48.9 Å². The van der Waals surface area contributed by atoms with E-state index in [1.54, 1.807) is 25.3 Å². The number of hydrogen-bond donors (Lipinski definition) is 1. The van der Waals surface area contributed by atoms with Gasteiger partial charge in [0, 0.05) is 15.7 Å². The molecule has 0 saturated carbocycles. The van der Waals surface area contributed by atoms with Gasteiger partial charge in [-0.25, -0.2) is 0 Å². The smallest absolute Gasteiger partial charge is 0.255 e. The molecule has 0 fully saturated rings. The van der Waals surface area contributed by atoms with Crippen molar-refractivity contribution in [2.75, 3.05) is 19.0 Å². The van der Waals surface area contributed by atoms with Crippen LogP contribution in [-0.2, 0) is 0 Å². The van der Waals surface area contributed by atoms with E-state index in [0.717, 1.165) is 16.6 Å². The van der Waals surface area contributed by atoms with Gasteiger partial charge in [-0.3, -0.25) is 4.79 Å². The molecule has 0 heterocycles. The van der Waals surface area contributed by atoms with Crippen molar-refractivity contribution in [2.24, 2.45) is 0 Å². The zero-order valence-corrected chi connectivity index (χ0v) is 14.1. The van der Waals surface area contributed by atoms with Crippen LogP contribution in [0, 0.1) is 0 Å². The number of benzene rings is 2. The molecule has 2 aromatic rings. The molecule has 22 heavy (non-hydrogen) atoms. The highest BCUT2D eigenvalue weighted by Crippen LogP contribution is 2.28. The second kappa shape index (κ2) is 7.84. The fourth-order valence-corrected chi connectivity index (χ4v) is 2.14. The highest BCUT2D eigenvalue weighted by Gasteiger charge is 2.11. The van der Waals surface area contributed by atoms with Gasteiger partial charge < -0.3 is 14.8 Å². The molecule has 0 radical (unpaired) electrons. The van der Waals surface area contributed by atoms with E-state index in [1.807, 2.05) is 31.2 Å². The van der Waals surface area contributed by atoms with Crippen molar-refractivity contribution in [2.45, 2.75) is 13.3 Å². The van der Waals surface area contributed by atoms with Gasteiger partial charge in [-0.15, -0.1) is 0 Å². The first-order valence-corrected chi connectivity index (χ1v) is 7.81. The lowest BCUT2D eigenvalue weighted by Crippen LogP contribution is -2.12. The topological polar surface area (TPSA) is 47.6 Å². The number of amides is 1. The number of nitrogens with one attached hydrogen (secondary N) is 1. The van der Waals surface area contributed by atoms with Crippen molar-refractivity contribution in [3.05, 3.63) is 52.5 Å². The highest BCUT2D eigenvalue weighted by molar-refractivity contribution is 9.10. The molecule has 0 spiro atoms. The number of methoxy groups -OCH3 is 1. The Kier molecular flexibility index (Phi) is 5.83. The quantitative estimate of drug-likeness (QED) is 0.821. The summed E-state index contributed by atoms with van der Waals surface area (Å²) in [5.74, 6) is 1.00. The largest absolute Gasteiger partial charge is 0.493 e. The lowest BCUT2D eigenvalue weighted by atomic mass is 10.2. The monoisotopic (exact) mass is 363 g/mol. The van der Waals surface area contributed by atoms with Gasteiger partial charge in [0.05, 0.1) is 13.7 Å². The van der Waals surface area contributed by atoms with E-state index in [-0.39, 0.29) is 5.91 Å². The Bertz CT molecular complexity index is 641. The average Bonchev–Trinajstić information content (AvgIpc) is 2.54. The van der Waals surface area contributed by atoms with Gasteiger partial charge >= 0.3 is 0 Å². The van der Waals surface area contributed by atoms with E-state index >= 15 is 0 Å². The number of halogens is 1. The number of hydrogen-bond acceptors (Lipinski definition) is 3. The van der Waals surface area contributed by atoms with Crippen molar-refractivity contribution < 1.29 is 14.3 Å². The summed E-state index contributed by atoms with van der Waals surface area (Å²) in [6.45, 7) is 2.65. The van der Waals surface area contributed by atoms with Crippen molar-refractivity contribution in [1.82, 2.24) is 0 Å². The fourth-order valence-electron chi connectivity index (χ4n) is 1.88. The number of ether oxygens (including phenoxy) is 2. The van der Waals surface area contributed by atoms with Crippen molar-refractivity contribution in [3.8, 4) is 11.5 Å². The van der Waals surface area contributed by atoms with Crippen LogP contribution in [0.5, 0.6) is 11.5 Å². The minimum absolute atomic E-state index is 0.192. The van der Waals surface area contributed by atoms with E-state index in [1.165, 1.54) is 0 Å². The molecule has 0 atom stereocenters. The lowest BCUT2D eigenvalue weighted by Gasteiger charge is -2.12. The van der Waals surface area contributed by atoms with Gasteiger partial charge in [0.15, 0.2) is 11.5 Å². The molecule has 0 unspecified atom stereocenters. The molecule has 0 bridgehead atoms. The third-order valence-electron chi connectivity index (χ3n) is 2.99. The average molecular weight is 364 g/mol. The van der Waals surface area contributed by atoms with E-state index in [9.17, 15) is 4.79 Å². The summed E-state index contributed by atoms with van der Waals surface area (Å²) in [5.41, 5.74) is 1.25. The summed E-state index contributed by atoms with van der Waals surface area (Å²) >= 11 is 3.36. The van der Waals surface area contributed by atoms with Crippen LogP contribution in [0.4, 0.5) is 5.69 Å². The van der Waals surface area contributed by atoms with Crippen molar-refractivity contribution >= 4 is 27.5 Å². The molecule has 1 N–H and O–H groups in total. The Morgan fingerprint density at radius 1 is 1.14 bits per heavy atom. The van der Waals surface area contributed by atoms with Gasteiger partial charge in [-0.2, -0.15) is 0 Å². The van der Waals surface area contributed by atoms with Crippen LogP contribution in [0.2, 0.25) is 0 Å². The van der Waals surface area contributed by atoms with Crippen LogP contribution in [0.15, 0.2) is 46.9 Å². The molecule has 0 aliphatic carbocycles. The molecule has 0 aliphatic heterocycles. The number of carbonyl (C=O) groups excluding carboxylic acids is 1. The number of carbonyl (C=O) groups is 1. The van der Waals surface area contributed by atoms with E-state index in [2.05, 4.69) is 21.2 Å². The normalized spacial score (nSPS) is 10.1. The predicted octanol–water partition coefficient (Wildman–Crippen LogP) is 4.50. The molecule has 5 heteroatoms. The Hall–Kier alpha value is -2.01. The van der Waals surface area contributed by atoms with E-state index < -0.39 is 0 Å². The molecule has 2 aromatic carbocycles. The van der Waals surface area contributed by atoms with Gasteiger partial charge in [-0.1, -0.05) is 22.9 Å². The summed E-state index contributed by atoms with van der Waals surface area (Å²) < 4.78 is 11.8. The minimum atomic E-state index is -0.192. The lowest BCUT2D eigenvalue weighted by molar-refractivity contribution is 0.102. The first-order chi connectivity index (χ1) is 10.6. The first kappa shape index (κ1) is 16.4. The van der Waals surface area contributed by atoms with Gasteiger partial charge in [0.25, 0.3) is 5.91 Å². The number of rotatable bonds is 6. The summed E-state index contributed by atoms with van der Waals surface area (Å²) in [6, 6.07) is 12.6. The van der Waals surface area contributed by atoms with Crippen molar-refractivity contribution in [3.63, 3.8) is 0 Å². The van der Waals surface area contributed by atoms with E-state index in [0.29, 0.717) is 23.7 Å². The summed E-state index contributed by atoms with van der Waals surface area (Å²) in [6.07, 6.45) is 0.912. The van der Waals surface area contributed by atoms with Gasteiger partial charge in [0.1, 0.15) is 0 Å². The highest BCUT2D eigenvalue weighted by atomic mass is 79.9. The standard InChI is InChI=1S/C17H18BrNO3/c1-3-10-22-15-9-4-12(11-16(15)21-2)17(20)19-14-7-5-13(18)6-8-14/h4-9,11H,3,10H2,1-2H3,(H,19,20). The Balaban J connectivity index is 2.13. The third kappa shape index (κ3) is 4.24. The minimum Gasteiger partial charge on any atom is -0.493 e. The number of anilines is 1. The Morgan fingerprint density at radius 2 is 1.86 bits per heavy atom. The Morgan fingerprint density at radius 3 is 2.50 bits per heavy atom. The van der Waals surface area contributed by atoms with Gasteiger partial charge in [0.2, 0.25) is 0 Å². The second-order valence-electron chi connectivity index (χ2n) is 4.68. The summed E-state index contributed by atoms with van der Waals surface area (Å²) in [5, 5.41) is 2.84. The summed E-state index contributed by atoms with van der Waals surface area (Å²) in [4.78, 5) is 12.3. The fraction of sp³-hybridized carbons (Fsp3) is 0.235. The second-order valence-corrected chi connectivity index (χ2v) is 5.59. The molecular weight excluding hydrogens is 346 g/mol. The molecule has 0 aromatic heterocycles. The van der Waals surface area contributed by atoms with Crippen molar-refractivity contribution in [1.29, 1.82) is 0 Å². The maximum absolute atomic E-state index is 12.3. The zero-order chi connectivity index (χ0) is 15.9. The third-order valence-corrected chi connectivity index (χ3v) is 3.52.